The Morgan fingerprint density at radius 2 is 1.69 bits per heavy atom. The van der Waals surface area contributed by atoms with Crippen LogP contribution in [0.5, 0.6) is 0 Å². The molecule has 2 N–H and O–H groups in total. The third-order valence-electron chi connectivity index (χ3n) is 2.41. The van der Waals surface area contributed by atoms with Crippen LogP contribution in [0, 0.1) is 0 Å². The summed E-state index contributed by atoms with van der Waals surface area (Å²) >= 11 is 0. The minimum absolute atomic E-state index is 0.395. The third kappa shape index (κ3) is 3.08. The number of primary amides is 1. The van der Waals surface area contributed by atoms with E-state index < -0.39 is 11.8 Å². The molecular weight excluding hydrogens is 204 g/mol. The first kappa shape index (κ1) is 12.2. The van der Waals surface area contributed by atoms with Gasteiger partial charge in [0.25, 0.3) is 0 Å². The standard InChI is InChI=1S/C12H16N2O2/c1-3-9-4-6-10(7-5-9)8-14(2)12(16)11(13)15/h4-7H,3,8H2,1-2H3,(H2,13,15). The largest absolute Gasteiger partial charge is 0.361 e. The number of likely N-dealkylation sites (N-methyl/N-ethyl adjacent to an activating group) is 1. The van der Waals surface area contributed by atoms with Gasteiger partial charge in [-0.05, 0) is 17.5 Å². The fourth-order valence-corrected chi connectivity index (χ4v) is 1.41. The number of amides is 2. The molecule has 16 heavy (non-hydrogen) atoms. The number of carbonyl (C=O) groups excluding carboxylic acids is 2. The molecule has 1 aromatic rings. The number of nitrogens with two attached hydrogens (primary N) is 1. The fraction of sp³-hybridized carbons (Fsp3) is 0.333. The van der Waals surface area contributed by atoms with E-state index in [0.29, 0.717) is 6.54 Å². The van der Waals surface area contributed by atoms with Gasteiger partial charge in [0.15, 0.2) is 0 Å². The van der Waals surface area contributed by atoms with Crippen molar-refractivity contribution in [3.8, 4) is 0 Å². The number of hydrogen-bond acceptors (Lipinski definition) is 2. The molecule has 0 atom stereocenters. The monoisotopic (exact) mass is 220 g/mol. The van der Waals surface area contributed by atoms with Crippen LogP contribution in [0.2, 0.25) is 0 Å². The van der Waals surface area contributed by atoms with Crippen molar-refractivity contribution in [2.24, 2.45) is 5.73 Å². The van der Waals surface area contributed by atoms with Crippen molar-refractivity contribution in [3.05, 3.63) is 35.4 Å². The highest BCUT2D eigenvalue weighted by molar-refractivity contribution is 6.34. The molecule has 0 aromatic heterocycles. The molecule has 0 unspecified atom stereocenters. The summed E-state index contributed by atoms with van der Waals surface area (Å²) in [6, 6.07) is 7.92. The van der Waals surface area contributed by atoms with Crippen LogP contribution in [0.4, 0.5) is 0 Å². The summed E-state index contributed by atoms with van der Waals surface area (Å²) < 4.78 is 0. The van der Waals surface area contributed by atoms with Crippen molar-refractivity contribution in [1.82, 2.24) is 4.90 Å². The summed E-state index contributed by atoms with van der Waals surface area (Å²) in [6.07, 6.45) is 0.982. The molecule has 1 rings (SSSR count). The van der Waals surface area contributed by atoms with Gasteiger partial charge in [-0.25, -0.2) is 0 Å². The van der Waals surface area contributed by atoms with Crippen LogP contribution in [0.1, 0.15) is 18.1 Å². The molecule has 0 aliphatic rings. The van der Waals surface area contributed by atoms with E-state index in [2.05, 4.69) is 6.92 Å². The Hall–Kier alpha value is -1.84. The summed E-state index contributed by atoms with van der Waals surface area (Å²) in [4.78, 5) is 23.2. The molecular formula is C12H16N2O2. The van der Waals surface area contributed by atoms with E-state index in [1.807, 2.05) is 24.3 Å². The Morgan fingerprint density at radius 3 is 2.12 bits per heavy atom. The first-order chi connectivity index (χ1) is 7.54. The molecule has 0 spiro atoms. The molecule has 0 heterocycles. The molecule has 0 aliphatic carbocycles. The maximum Gasteiger partial charge on any atom is 0.311 e. The molecule has 0 fully saturated rings. The minimum Gasteiger partial charge on any atom is -0.361 e. The molecule has 4 heteroatoms. The van der Waals surface area contributed by atoms with Crippen LogP contribution in [0.15, 0.2) is 24.3 Å². The van der Waals surface area contributed by atoms with Crippen molar-refractivity contribution in [3.63, 3.8) is 0 Å². The molecule has 0 radical (unpaired) electrons. The van der Waals surface area contributed by atoms with E-state index in [1.165, 1.54) is 10.5 Å². The van der Waals surface area contributed by atoms with Crippen molar-refractivity contribution in [2.45, 2.75) is 19.9 Å². The van der Waals surface area contributed by atoms with Crippen molar-refractivity contribution >= 4 is 11.8 Å². The average molecular weight is 220 g/mol. The molecule has 0 saturated carbocycles. The Labute approximate surface area is 95.0 Å². The van der Waals surface area contributed by atoms with Gasteiger partial charge in [-0.15, -0.1) is 0 Å². The summed E-state index contributed by atoms with van der Waals surface area (Å²) in [6.45, 7) is 2.48. The van der Waals surface area contributed by atoms with Crippen molar-refractivity contribution in [1.29, 1.82) is 0 Å². The highest BCUT2D eigenvalue weighted by Crippen LogP contribution is 2.07. The van der Waals surface area contributed by atoms with Gasteiger partial charge >= 0.3 is 11.8 Å². The van der Waals surface area contributed by atoms with Crippen molar-refractivity contribution in [2.75, 3.05) is 7.05 Å². The van der Waals surface area contributed by atoms with Gasteiger partial charge < -0.3 is 10.6 Å². The van der Waals surface area contributed by atoms with Crippen molar-refractivity contribution < 1.29 is 9.59 Å². The first-order valence-corrected chi connectivity index (χ1v) is 5.17. The predicted molar refractivity (Wildman–Crippen MR) is 61.5 cm³/mol. The van der Waals surface area contributed by atoms with Crippen LogP contribution in [0.3, 0.4) is 0 Å². The van der Waals surface area contributed by atoms with Crippen LogP contribution in [-0.4, -0.2) is 23.8 Å². The number of rotatable bonds is 3. The zero-order valence-corrected chi connectivity index (χ0v) is 9.56. The predicted octanol–water partition coefficient (Wildman–Crippen LogP) is 0.693. The zero-order chi connectivity index (χ0) is 12.1. The Morgan fingerprint density at radius 1 is 1.19 bits per heavy atom. The van der Waals surface area contributed by atoms with E-state index in [1.54, 1.807) is 7.05 Å². The quantitative estimate of drug-likeness (QED) is 0.762. The summed E-state index contributed by atoms with van der Waals surface area (Å²) in [5, 5.41) is 0. The highest BCUT2D eigenvalue weighted by atomic mass is 16.2. The first-order valence-electron chi connectivity index (χ1n) is 5.17. The molecule has 0 bridgehead atoms. The zero-order valence-electron chi connectivity index (χ0n) is 9.56. The second-order valence-electron chi connectivity index (χ2n) is 3.70. The fourth-order valence-electron chi connectivity index (χ4n) is 1.41. The van der Waals surface area contributed by atoms with E-state index in [-0.39, 0.29) is 0 Å². The number of carbonyl (C=O) groups is 2. The van der Waals surface area contributed by atoms with Crippen LogP contribution < -0.4 is 5.73 Å². The molecule has 0 saturated heterocycles. The Bertz CT molecular complexity index is 385. The van der Waals surface area contributed by atoms with Crippen LogP contribution in [-0.2, 0) is 22.6 Å². The third-order valence-corrected chi connectivity index (χ3v) is 2.41. The molecule has 0 aliphatic heterocycles. The highest BCUT2D eigenvalue weighted by Gasteiger charge is 2.14. The topological polar surface area (TPSA) is 63.4 Å². The normalized spacial score (nSPS) is 9.88. The lowest BCUT2D eigenvalue weighted by molar-refractivity contribution is -0.143. The van der Waals surface area contributed by atoms with Gasteiger partial charge in [0.2, 0.25) is 0 Å². The van der Waals surface area contributed by atoms with Gasteiger partial charge in [0.1, 0.15) is 0 Å². The van der Waals surface area contributed by atoms with Gasteiger partial charge in [-0.1, -0.05) is 31.2 Å². The SMILES string of the molecule is CCc1ccc(CN(C)C(=O)C(N)=O)cc1. The Balaban J connectivity index is 2.66. The smallest absolute Gasteiger partial charge is 0.311 e. The van der Waals surface area contributed by atoms with Crippen LogP contribution >= 0.6 is 0 Å². The lowest BCUT2D eigenvalue weighted by Gasteiger charge is -2.15. The Kier molecular flexibility index (Phi) is 4.05. The van der Waals surface area contributed by atoms with Gasteiger partial charge in [0.05, 0.1) is 0 Å². The molecule has 2 amide bonds. The van der Waals surface area contributed by atoms with Gasteiger partial charge in [0, 0.05) is 13.6 Å². The summed E-state index contributed by atoms with van der Waals surface area (Å²) in [7, 11) is 1.56. The maximum atomic E-state index is 11.2. The van der Waals surface area contributed by atoms with E-state index in [4.69, 9.17) is 5.73 Å². The number of aryl methyl sites for hydroxylation is 1. The lowest BCUT2D eigenvalue weighted by Crippen LogP contribution is -2.37. The maximum absolute atomic E-state index is 11.2. The number of nitrogens with zero attached hydrogens (tertiary/aromatic N) is 1. The van der Waals surface area contributed by atoms with E-state index in [9.17, 15) is 9.59 Å². The minimum atomic E-state index is -0.923. The molecule has 1 aromatic carbocycles. The number of hydrogen-bond donors (Lipinski definition) is 1. The lowest BCUT2D eigenvalue weighted by atomic mass is 10.1. The van der Waals surface area contributed by atoms with Gasteiger partial charge in [-0.3, -0.25) is 9.59 Å². The van der Waals surface area contributed by atoms with E-state index >= 15 is 0 Å². The second-order valence-corrected chi connectivity index (χ2v) is 3.70. The second kappa shape index (κ2) is 5.30. The summed E-state index contributed by atoms with van der Waals surface area (Å²) in [5.41, 5.74) is 7.13. The van der Waals surface area contributed by atoms with Crippen LogP contribution in [0.25, 0.3) is 0 Å². The molecule has 86 valence electrons. The number of benzene rings is 1. The average Bonchev–Trinajstić information content (AvgIpc) is 2.28. The molecule has 4 nitrogen and oxygen atoms in total. The summed E-state index contributed by atoms with van der Waals surface area (Å²) in [5.74, 6) is -1.59. The van der Waals surface area contributed by atoms with Gasteiger partial charge in [-0.2, -0.15) is 0 Å². The van der Waals surface area contributed by atoms with E-state index in [0.717, 1.165) is 12.0 Å².